The Bertz CT molecular complexity index is 260. The fourth-order valence-electron chi connectivity index (χ4n) is 0.427. The van der Waals surface area contributed by atoms with Crippen molar-refractivity contribution in [2.24, 2.45) is 11.5 Å². The molecule has 2 amide bonds. The third-order valence-corrected chi connectivity index (χ3v) is 0.687. The van der Waals surface area contributed by atoms with Crippen LogP contribution in [0.2, 0.25) is 0 Å². The van der Waals surface area contributed by atoms with Gasteiger partial charge in [0.25, 0.3) is 0 Å². The standard InChI is InChI=1S/C3H6N6.C2H4.CH4N2O/c4-1-7-2(5)9-3(6)8-1;1-2;2-1(3)4/h(H6,4,5,6,7,8,9);1-2H2;(H4,2,3,4). The van der Waals surface area contributed by atoms with Crippen LogP contribution in [0.25, 0.3) is 0 Å². The van der Waals surface area contributed by atoms with Crippen LogP contribution in [0, 0.1) is 0 Å². The topological polar surface area (TPSA) is 186 Å². The summed E-state index contributed by atoms with van der Waals surface area (Å²) < 4.78 is 0. The second-order valence-electron chi connectivity index (χ2n) is 1.81. The number of urea groups is 1. The van der Waals surface area contributed by atoms with Gasteiger partial charge in [0, 0.05) is 0 Å². The molecule has 9 nitrogen and oxygen atoms in total. The molecule has 0 saturated heterocycles. The van der Waals surface area contributed by atoms with E-state index < -0.39 is 6.03 Å². The molecule has 0 aliphatic heterocycles. The number of nitrogens with two attached hydrogens (primary N) is 5. The SMILES string of the molecule is C=C.NC(N)=O.Nc1nc(N)nc(N)n1. The van der Waals surface area contributed by atoms with Crippen molar-refractivity contribution in [1.29, 1.82) is 0 Å². The molecule has 84 valence electrons. The van der Waals surface area contributed by atoms with Crippen LogP contribution >= 0.6 is 0 Å². The Balaban J connectivity index is 0. The van der Waals surface area contributed by atoms with Gasteiger partial charge in [0.15, 0.2) is 0 Å². The first-order valence-corrected chi connectivity index (χ1v) is 3.49. The van der Waals surface area contributed by atoms with E-state index in [0.717, 1.165) is 0 Å². The van der Waals surface area contributed by atoms with E-state index in [1.807, 2.05) is 0 Å². The molecule has 1 heterocycles. The van der Waals surface area contributed by atoms with Crippen LogP contribution in [0.1, 0.15) is 0 Å². The smallest absolute Gasteiger partial charge is 0.309 e. The third kappa shape index (κ3) is 11.4. The van der Waals surface area contributed by atoms with E-state index in [1.165, 1.54) is 0 Å². The number of aromatic nitrogens is 3. The zero-order valence-corrected chi connectivity index (χ0v) is 8.05. The van der Waals surface area contributed by atoms with Crippen molar-refractivity contribution in [3.8, 4) is 0 Å². The van der Waals surface area contributed by atoms with Gasteiger partial charge in [-0.25, -0.2) is 4.79 Å². The molecule has 1 aromatic heterocycles. The van der Waals surface area contributed by atoms with E-state index in [-0.39, 0.29) is 17.8 Å². The number of rotatable bonds is 0. The number of carbonyl (C=O) groups is 1. The van der Waals surface area contributed by atoms with E-state index in [0.29, 0.717) is 0 Å². The summed E-state index contributed by atoms with van der Waals surface area (Å²) in [5, 5.41) is 0. The molecule has 9 heteroatoms. The molecule has 1 rings (SSSR count). The van der Waals surface area contributed by atoms with Crippen molar-refractivity contribution < 1.29 is 4.79 Å². The summed E-state index contributed by atoms with van der Waals surface area (Å²) in [7, 11) is 0. The van der Waals surface area contributed by atoms with Crippen molar-refractivity contribution in [2.45, 2.75) is 0 Å². The van der Waals surface area contributed by atoms with Crippen LogP contribution in [0.3, 0.4) is 0 Å². The summed E-state index contributed by atoms with van der Waals surface area (Å²) in [5.41, 5.74) is 23.9. The molecule has 0 spiro atoms. The summed E-state index contributed by atoms with van der Waals surface area (Å²) in [5.74, 6) is 0.125. The first-order valence-electron chi connectivity index (χ1n) is 3.49. The summed E-state index contributed by atoms with van der Waals surface area (Å²) in [6, 6.07) is -0.833. The van der Waals surface area contributed by atoms with Crippen molar-refractivity contribution in [3.05, 3.63) is 13.2 Å². The average molecular weight is 214 g/mol. The highest BCUT2D eigenvalue weighted by molar-refractivity contribution is 5.69. The molecule has 0 radical (unpaired) electrons. The van der Waals surface area contributed by atoms with Crippen LogP contribution in [-0.2, 0) is 0 Å². The zero-order chi connectivity index (χ0) is 12.4. The number of amides is 2. The fourth-order valence-corrected chi connectivity index (χ4v) is 0.427. The molecule has 15 heavy (non-hydrogen) atoms. The maximum Gasteiger partial charge on any atom is 0.309 e. The maximum absolute atomic E-state index is 9.00. The van der Waals surface area contributed by atoms with Crippen molar-refractivity contribution in [2.75, 3.05) is 17.2 Å². The van der Waals surface area contributed by atoms with Gasteiger partial charge >= 0.3 is 6.03 Å². The number of hydrogen-bond acceptors (Lipinski definition) is 7. The molecule has 10 N–H and O–H groups in total. The first-order chi connectivity index (χ1) is 6.91. The van der Waals surface area contributed by atoms with E-state index in [2.05, 4.69) is 39.6 Å². The van der Waals surface area contributed by atoms with Crippen molar-refractivity contribution in [1.82, 2.24) is 15.0 Å². The van der Waals surface area contributed by atoms with Crippen LogP contribution in [0.5, 0.6) is 0 Å². The quantitative estimate of drug-likeness (QED) is 0.323. The van der Waals surface area contributed by atoms with Crippen LogP contribution < -0.4 is 28.7 Å². The summed E-state index contributed by atoms with van der Waals surface area (Å²) in [6.45, 7) is 6.00. The van der Waals surface area contributed by atoms with E-state index in [1.54, 1.807) is 0 Å². The van der Waals surface area contributed by atoms with Gasteiger partial charge < -0.3 is 28.7 Å². The molecule has 0 aliphatic carbocycles. The van der Waals surface area contributed by atoms with Crippen LogP contribution in [-0.4, -0.2) is 21.0 Å². The molecule has 0 aliphatic rings. The second kappa shape index (κ2) is 8.04. The molecule has 0 atom stereocenters. The monoisotopic (exact) mass is 214 g/mol. The van der Waals surface area contributed by atoms with Gasteiger partial charge in [-0.2, -0.15) is 15.0 Å². The normalized spacial score (nSPS) is 7.47. The lowest BCUT2D eigenvalue weighted by Gasteiger charge is -1.93. The lowest BCUT2D eigenvalue weighted by atomic mass is 10.9. The second-order valence-corrected chi connectivity index (χ2v) is 1.81. The number of primary amides is 2. The van der Waals surface area contributed by atoms with Gasteiger partial charge in [-0.05, 0) is 0 Å². The minimum absolute atomic E-state index is 0.0417. The predicted octanol–water partition coefficient (Wildman–Crippen LogP) is -1.56. The van der Waals surface area contributed by atoms with Gasteiger partial charge in [-0.1, -0.05) is 0 Å². The Morgan fingerprint density at radius 1 is 0.867 bits per heavy atom. The number of hydrogen-bond donors (Lipinski definition) is 5. The highest BCUT2D eigenvalue weighted by atomic mass is 16.2. The van der Waals surface area contributed by atoms with Gasteiger partial charge in [0.1, 0.15) is 0 Å². The van der Waals surface area contributed by atoms with Gasteiger partial charge in [-0.15, -0.1) is 13.2 Å². The van der Waals surface area contributed by atoms with Crippen LogP contribution in [0.4, 0.5) is 22.6 Å². The lowest BCUT2D eigenvalue weighted by Crippen LogP contribution is -2.18. The Labute approximate surface area is 86.4 Å². The minimum Gasteiger partial charge on any atom is -0.368 e. The van der Waals surface area contributed by atoms with Gasteiger partial charge in [0.2, 0.25) is 17.8 Å². The summed E-state index contributed by atoms with van der Waals surface area (Å²) in [4.78, 5) is 19.5. The Morgan fingerprint density at radius 2 is 1.00 bits per heavy atom. The van der Waals surface area contributed by atoms with Gasteiger partial charge in [-0.3, -0.25) is 0 Å². The third-order valence-electron chi connectivity index (χ3n) is 0.687. The molecule has 0 saturated carbocycles. The predicted molar refractivity (Wildman–Crippen MR) is 58.1 cm³/mol. The Kier molecular flexibility index (Phi) is 7.99. The van der Waals surface area contributed by atoms with E-state index in [4.69, 9.17) is 22.0 Å². The molecular formula is C6H14N8O. The molecule has 0 aromatic carbocycles. The lowest BCUT2D eigenvalue weighted by molar-refractivity contribution is 0.256. The largest absolute Gasteiger partial charge is 0.368 e. The number of anilines is 3. The minimum atomic E-state index is -0.833. The van der Waals surface area contributed by atoms with Crippen molar-refractivity contribution in [3.63, 3.8) is 0 Å². The molecule has 0 unspecified atom stereocenters. The van der Waals surface area contributed by atoms with Gasteiger partial charge in [0.05, 0.1) is 0 Å². The van der Waals surface area contributed by atoms with E-state index >= 15 is 0 Å². The van der Waals surface area contributed by atoms with Crippen molar-refractivity contribution >= 4 is 23.9 Å². The fraction of sp³-hybridized carbons (Fsp3) is 0. The number of nitrogen functional groups attached to an aromatic ring is 3. The average Bonchev–Trinajstić information content (AvgIpc) is 2.03. The number of carbonyl (C=O) groups excluding carboxylic acids is 1. The highest BCUT2D eigenvalue weighted by Gasteiger charge is 1.93. The Morgan fingerprint density at radius 3 is 1.13 bits per heavy atom. The summed E-state index contributed by atoms with van der Waals surface area (Å²) >= 11 is 0. The molecule has 0 fully saturated rings. The Hall–Kier alpha value is -2.58. The maximum atomic E-state index is 9.00. The highest BCUT2D eigenvalue weighted by Crippen LogP contribution is 1.97. The zero-order valence-electron chi connectivity index (χ0n) is 8.05. The summed E-state index contributed by atoms with van der Waals surface area (Å²) in [6.07, 6.45) is 0. The molecular weight excluding hydrogens is 200 g/mol. The molecule has 1 aromatic rings. The first kappa shape index (κ1) is 14.9. The number of nitrogens with zero attached hydrogens (tertiary/aromatic N) is 3. The van der Waals surface area contributed by atoms with Crippen LogP contribution in [0.15, 0.2) is 13.2 Å². The van der Waals surface area contributed by atoms with E-state index in [9.17, 15) is 0 Å². The molecule has 0 bridgehead atoms.